The topological polar surface area (TPSA) is 54.5 Å². The zero-order valence-corrected chi connectivity index (χ0v) is 11.5. The average molecular weight is 273 g/mol. The average Bonchev–Trinajstić information content (AvgIpc) is 2.96. The third-order valence-electron chi connectivity index (χ3n) is 4.79. The number of carbonyl (C=O) groups is 1. The maximum atomic E-state index is 12.5. The first-order chi connectivity index (χ1) is 9.81. The van der Waals surface area contributed by atoms with Crippen LogP contribution in [0, 0.1) is 5.92 Å². The summed E-state index contributed by atoms with van der Waals surface area (Å²) >= 11 is 0. The van der Waals surface area contributed by atoms with Crippen LogP contribution in [-0.2, 0) is 6.42 Å². The monoisotopic (exact) mass is 273 g/mol. The van der Waals surface area contributed by atoms with Gasteiger partial charge in [-0.15, -0.1) is 0 Å². The molecule has 1 aromatic rings. The Kier molecular flexibility index (Phi) is 2.88. The van der Waals surface area contributed by atoms with Crippen LogP contribution in [0.3, 0.4) is 0 Å². The maximum Gasteiger partial charge on any atom is 0.274 e. The number of piperidine rings is 3. The summed E-state index contributed by atoms with van der Waals surface area (Å²) in [5.74, 6) is 1.23. The van der Waals surface area contributed by atoms with Gasteiger partial charge in [-0.05, 0) is 37.9 Å². The quantitative estimate of drug-likeness (QED) is 0.867. The molecule has 0 unspecified atom stereocenters. The highest BCUT2D eigenvalue weighted by atomic mass is 16.5. The lowest BCUT2D eigenvalue weighted by atomic mass is 9.84. The number of nitrogens with one attached hydrogen (secondary N) is 1. The molecule has 4 aliphatic heterocycles. The molecule has 106 valence electrons. The number of hydrogen-bond donors (Lipinski definition) is 1. The van der Waals surface area contributed by atoms with Gasteiger partial charge in [-0.1, -0.05) is 0 Å². The fourth-order valence-electron chi connectivity index (χ4n) is 3.64. The van der Waals surface area contributed by atoms with Crippen LogP contribution in [0.5, 0.6) is 5.75 Å². The van der Waals surface area contributed by atoms with E-state index in [1.54, 1.807) is 6.20 Å². The largest absolute Gasteiger partial charge is 0.490 e. The van der Waals surface area contributed by atoms with Gasteiger partial charge in [-0.2, -0.15) is 0 Å². The van der Waals surface area contributed by atoms with E-state index < -0.39 is 0 Å². The Labute approximate surface area is 118 Å². The molecular weight excluding hydrogens is 254 g/mol. The molecule has 0 saturated carbocycles. The molecule has 5 nitrogen and oxygen atoms in total. The van der Waals surface area contributed by atoms with Crippen LogP contribution in [0.1, 0.15) is 28.9 Å². The summed E-state index contributed by atoms with van der Waals surface area (Å²) in [4.78, 5) is 19.1. The van der Waals surface area contributed by atoms with Gasteiger partial charge in [0.25, 0.3) is 5.91 Å². The van der Waals surface area contributed by atoms with E-state index in [0.717, 1.165) is 18.5 Å². The molecule has 1 N–H and O–H groups in total. The van der Waals surface area contributed by atoms with E-state index in [0.29, 0.717) is 24.0 Å². The van der Waals surface area contributed by atoms with E-state index in [1.807, 2.05) is 6.07 Å². The Hall–Kier alpha value is -1.62. The molecule has 1 amide bonds. The standard InChI is InChI=1S/C15H19N3O2/c19-15(13-14-11(1-5-16-13)4-8-20-14)17-12-9-18-6-2-10(12)3-7-18/h1,5,10,12H,2-4,6-9H2,(H,17,19)/t12-/m0/s1. The first kappa shape index (κ1) is 12.1. The summed E-state index contributed by atoms with van der Waals surface area (Å²) in [6.45, 7) is 3.99. The molecule has 2 bridgehead atoms. The first-order valence-electron chi connectivity index (χ1n) is 7.45. The molecule has 3 saturated heterocycles. The van der Waals surface area contributed by atoms with Crippen molar-refractivity contribution in [2.75, 3.05) is 26.2 Å². The Bertz CT molecular complexity index is 538. The number of fused-ring (bicyclic) bond motifs is 4. The lowest BCUT2D eigenvalue weighted by molar-refractivity contribution is 0.0616. The van der Waals surface area contributed by atoms with Crippen LogP contribution >= 0.6 is 0 Å². The number of ether oxygens (including phenoxy) is 1. The van der Waals surface area contributed by atoms with Gasteiger partial charge < -0.3 is 15.0 Å². The first-order valence-corrected chi connectivity index (χ1v) is 7.45. The number of amides is 1. The van der Waals surface area contributed by atoms with Gasteiger partial charge in [-0.3, -0.25) is 4.79 Å². The summed E-state index contributed by atoms with van der Waals surface area (Å²) in [6, 6.07) is 2.21. The number of hydrogen-bond acceptors (Lipinski definition) is 4. The van der Waals surface area contributed by atoms with Crippen LogP contribution < -0.4 is 10.1 Å². The van der Waals surface area contributed by atoms with Crippen molar-refractivity contribution in [1.82, 2.24) is 15.2 Å². The Morgan fingerprint density at radius 1 is 1.40 bits per heavy atom. The fraction of sp³-hybridized carbons (Fsp3) is 0.600. The second-order valence-electron chi connectivity index (χ2n) is 5.96. The van der Waals surface area contributed by atoms with Gasteiger partial charge in [0.15, 0.2) is 11.4 Å². The van der Waals surface area contributed by atoms with Crippen molar-refractivity contribution >= 4 is 5.91 Å². The van der Waals surface area contributed by atoms with E-state index in [4.69, 9.17) is 4.74 Å². The van der Waals surface area contributed by atoms with E-state index in [-0.39, 0.29) is 11.9 Å². The van der Waals surface area contributed by atoms with E-state index >= 15 is 0 Å². The molecule has 0 radical (unpaired) electrons. The molecule has 1 aromatic heterocycles. The van der Waals surface area contributed by atoms with E-state index in [1.165, 1.54) is 25.9 Å². The van der Waals surface area contributed by atoms with Crippen LogP contribution in [0.4, 0.5) is 0 Å². The minimum absolute atomic E-state index is 0.0810. The molecule has 0 aliphatic carbocycles. The van der Waals surface area contributed by atoms with Gasteiger partial charge in [0.05, 0.1) is 6.61 Å². The van der Waals surface area contributed by atoms with Crippen LogP contribution in [0.25, 0.3) is 0 Å². The van der Waals surface area contributed by atoms with Crippen molar-refractivity contribution < 1.29 is 9.53 Å². The van der Waals surface area contributed by atoms with Crippen molar-refractivity contribution in [2.45, 2.75) is 25.3 Å². The summed E-state index contributed by atoms with van der Waals surface area (Å²) in [5, 5.41) is 3.17. The Balaban J connectivity index is 1.52. The highest BCUT2D eigenvalue weighted by Crippen LogP contribution is 2.30. The zero-order chi connectivity index (χ0) is 13.5. The van der Waals surface area contributed by atoms with Gasteiger partial charge in [0.1, 0.15) is 0 Å². The summed E-state index contributed by atoms with van der Waals surface area (Å²) in [5.41, 5.74) is 1.55. The summed E-state index contributed by atoms with van der Waals surface area (Å²) in [7, 11) is 0. The van der Waals surface area contributed by atoms with Crippen molar-refractivity contribution in [3.05, 3.63) is 23.5 Å². The molecule has 5 heteroatoms. The molecule has 5 heterocycles. The van der Waals surface area contributed by atoms with Gasteiger partial charge in [0.2, 0.25) is 0 Å². The van der Waals surface area contributed by atoms with Crippen LogP contribution in [0.15, 0.2) is 12.3 Å². The molecule has 5 rings (SSSR count). The third-order valence-corrected chi connectivity index (χ3v) is 4.79. The second-order valence-corrected chi connectivity index (χ2v) is 5.96. The Morgan fingerprint density at radius 3 is 3.00 bits per heavy atom. The number of rotatable bonds is 2. The lowest BCUT2D eigenvalue weighted by Gasteiger charge is -2.44. The van der Waals surface area contributed by atoms with Crippen molar-refractivity contribution in [3.63, 3.8) is 0 Å². The minimum atomic E-state index is -0.0810. The highest BCUT2D eigenvalue weighted by molar-refractivity contribution is 5.95. The van der Waals surface area contributed by atoms with Gasteiger partial charge >= 0.3 is 0 Å². The highest BCUT2D eigenvalue weighted by Gasteiger charge is 2.35. The SMILES string of the molecule is O=C(N[C@H]1CN2CCC1CC2)c1nccc2c1OCC2. The number of nitrogens with zero attached hydrogens (tertiary/aromatic N) is 2. The molecule has 4 aliphatic rings. The normalized spacial score (nSPS) is 30.7. The molecule has 0 aromatic carbocycles. The third kappa shape index (κ3) is 1.97. The lowest BCUT2D eigenvalue weighted by Crippen LogP contribution is -2.57. The fourth-order valence-corrected chi connectivity index (χ4v) is 3.64. The number of pyridine rings is 1. The molecule has 0 spiro atoms. The van der Waals surface area contributed by atoms with Crippen LogP contribution in [-0.4, -0.2) is 48.1 Å². The minimum Gasteiger partial charge on any atom is -0.490 e. The second kappa shape index (κ2) is 4.74. The van der Waals surface area contributed by atoms with E-state index in [2.05, 4.69) is 15.2 Å². The van der Waals surface area contributed by atoms with Crippen molar-refractivity contribution in [3.8, 4) is 5.75 Å². The van der Waals surface area contributed by atoms with Gasteiger partial charge in [0, 0.05) is 30.8 Å². The smallest absolute Gasteiger partial charge is 0.274 e. The van der Waals surface area contributed by atoms with Gasteiger partial charge in [-0.25, -0.2) is 4.98 Å². The van der Waals surface area contributed by atoms with Crippen molar-refractivity contribution in [2.24, 2.45) is 5.92 Å². The number of carbonyl (C=O) groups excluding carboxylic acids is 1. The molecule has 3 fully saturated rings. The Morgan fingerprint density at radius 2 is 2.25 bits per heavy atom. The van der Waals surface area contributed by atoms with Crippen molar-refractivity contribution in [1.29, 1.82) is 0 Å². The van der Waals surface area contributed by atoms with E-state index in [9.17, 15) is 4.79 Å². The summed E-state index contributed by atoms with van der Waals surface area (Å²) < 4.78 is 5.57. The number of aromatic nitrogens is 1. The zero-order valence-electron chi connectivity index (χ0n) is 11.5. The molecule has 1 atom stereocenters. The predicted octanol–water partition coefficient (Wildman–Crippen LogP) is 0.840. The molecular formula is C15H19N3O2. The van der Waals surface area contributed by atoms with Crippen LogP contribution in [0.2, 0.25) is 0 Å². The maximum absolute atomic E-state index is 12.5. The predicted molar refractivity (Wildman–Crippen MR) is 73.9 cm³/mol. The summed E-state index contributed by atoms with van der Waals surface area (Å²) in [6.07, 6.45) is 4.97. The molecule has 20 heavy (non-hydrogen) atoms.